The molecular formula is C51H33N3O. The largest absolute Gasteiger partial charge is 0.456 e. The van der Waals surface area contributed by atoms with E-state index >= 15 is 0 Å². The van der Waals surface area contributed by atoms with Crippen LogP contribution in [0, 0.1) is 5.92 Å². The van der Waals surface area contributed by atoms with Crippen molar-refractivity contribution in [2.75, 3.05) is 0 Å². The van der Waals surface area contributed by atoms with E-state index in [1.807, 2.05) is 0 Å². The molecule has 4 heteroatoms. The molecule has 10 aromatic rings. The topological polar surface area (TPSA) is 51.8 Å². The molecule has 1 atom stereocenters. The van der Waals surface area contributed by atoms with E-state index in [-0.39, 0.29) is 0 Å². The van der Waals surface area contributed by atoms with Gasteiger partial charge < -0.3 is 4.42 Å². The van der Waals surface area contributed by atoms with Crippen LogP contribution in [0.3, 0.4) is 0 Å². The number of benzene rings is 8. The number of fused-ring (bicyclic) bond motifs is 11. The highest BCUT2D eigenvalue weighted by Crippen LogP contribution is 2.43. The summed E-state index contributed by atoms with van der Waals surface area (Å²) in [6.07, 6.45) is 6.35. The van der Waals surface area contributed by atoms with Crippen LogP contribution in [0.5, 0.6) is 0 Å². The minimum absolute atomic E-state index is 0.475. The number of hydrogen-bond donors (Lipinski definition) is 0. The van der Waals surface area contributed by atoms with Gasteiger partial charge in [0, 0.05) is 33.0 Å². The van der Waals surface area contributed by atoms with Crippen LogP contribution in [0.15, 0.2) is 150 Å². The number of allylic oxidation sites excluding steroid dienone is 1. The van der Waals surface area contributed by atoms with E-state index in [1.54, 1.807) is 0 Å². The number of furan rings is 1. The third kappa shape index (κ3) is 4.74. The molecule has 2 aromatic heterocycles. The third-order valence-electron chi connectivity index (χ3n) is 11.8. The van der Waals surface area contributed by atoms with Crippen LogP contribution in [0.4, 0.5) is 0 Å². The zero-order valence-electron chi connectivity index (χ0n) is 30.2. The lowest BCUT2D eigenvalue weighted by Gasteiger charge is -2.19. The molecule has 3 aliphatic rings. The number of hydrogen-bond acceptors (Lipinski definition) is 4. The Kier molecular flexibility index (Phi) is 6.41. The molecule has 0 saturated heterocycles. The lowest BCUT2D eigenvalue weighted by atomic mass is 9.88. The standard InChI is InChI=1S/C51H33N3O/c1-29-10-22-45-44(24-29)48-46(55-45)23-18-33-15-13-32-14-16-35(28-43(32)47(33)48)38-20-21-42(41-9-5-4-8-40(38)41)51-53-49(36-17-12-31-6-2-3-7-34(31)27-36)52-50(54-51)39-19-11-30-25-37(39)26-30/h2-23,25,27-29H,24,26H2,1H3. The van der Waals surface area contributed by atoms with E-state index in [0.717, 1.165) is 57.0 Å². The fraction of sp³-hybridized carbons (Fsp3) is 0.0784. The number of rotatable bonds is 4. The molecule has 0 amide bonds. The minimum atomic E-state index is 0.475. The SMILES string of the molecule is CC1C=Cc2oc3ccc4ccc5ccc(-c6ccc(-c7nc(-c8ccc9ccccc9c8)nc(-c8ccc9cc8C9)n7)c7ccccc67)cc5c4c3c2C1. The Morgan fingerprint density at radius 1 is 0.527 bits per heavy atom. The van der Waals surface area contributed by atoms with Crippen LogP contribution in [0.2, 0.25) is 0 Å². The highest BCUT2D eigenvalue weighted by atomic mass is 16.3. The second-order valence-electron chi connectivity index (χ2n) is 15.3. The van der Waals surface area contributed by atoms with Crippen molar-refractivity contribution >= 4 is 60.1 Å². The summed E-state index contributed by atoms with van der Waals surface area (Å²) in [5, 5.41) is 10.8. The van der Waals surface area contributed by atoms with Gasteiger partial charge in [0.05, 0.1) is 0 Å². The summed E-state index contributed by atoms with van der Waals surface area (Å²) in [7, 11) is 0. The van der Waals surface area contributed by atoms with Crippen LogP contribution in [0.25, 0.3) is 105 Å². The first-order valence-corrected chi connectivity index (χ1v) is 19.1. The first-order valence-electron chi connectivity index (χ1n) is 19.1. The van der Waals surface area contributed by atoms with E-state index in [0.29, 0.717) is 23.4 Å². The van der Waals surface area contributed by atoms with Crippen molar-refractivity contribution in [1.29, 1.82) is 0 Å². The summed E-state index contributed by atoms with van der Waals surface area (Å²) < 4.78 is 6.42. The fourth-order valence-corrected chi connectivity index (χ4v) is 8.99. The van der Waals surface area contributed by atoms with Crippen molar-refractivity contribution in [3.05, 3.63) is 168 Å². The lowest BCUT2D eigenvalue weighted by Crippen LogP contribution is -2.07. The van der Waals surface area contributed by atoms with Crippen LogP contribution in [-0.4, -0.2) is 15.0 Å². The van der Waals surface area contributed by atoms with E-state index in [4.69, 9.17) is 19.4 Å². The molecule has 8 aromatic carbocycles. The zero-order chi connectivity index (χ0) is 36.2. The predicted octanol–water partition coefficient (Wildman–Crippen LogP) is 13.0. The monoisotopic (exact) mass is 703 g/mol. The molecular weight excluding hydrogens is 671 g/mol. The Morgan fingerprint density at radius 2 is 1.20 bits per heavy atom. The highest BCUT2D eigenvalue weighted by Gasteiger charge is 2.23. The first kappa shape index (κ1) is 30.5. The van der Waals surface area contributed by atoms with Gasteiger partial charge >= 0.3 is 0 Å². The molecule has 0 saturated carbocycles. The molecule has 1 unspecified atom stereocenters. The van der Waals surface area contributed by atoms with Gasteiger partial charge in [-0.05, 0) is 109 Å². The van der Waals surface area contributed by atoms with Crippen LogP contribution in [0.1, 0.15) is 29.4 Å². The molecule has 0 N–H and O–H groups in total. The Bertz CT molecular complexity index is 3290. The second-order valence-corrected chi connectivity index (χ2v) is 15.3. The molecule has 0 aliphatic heterocycles. The van der Waals surface area contributed by atoms with Crippen molar-refractivity contribution in [3.8, 4) is 45.3 Å². The maximum atomic E-state index is 6.42. The zero-order valence-corrected chi connectivity index (χ0v) is 30.2. The molecule has 0 fully saturated rings. The van der Waals surface area contributed by atoms with Gasteiger partial charge in [-0.15, -0.1) is 0 Å². The van der Waals surface area contributed by atoms with Gasteiger partial charge in [0.1, 0.15) is 11.3 Å². The number of aromatic nitrogens is 3. The Morgan fingerprint density at radius 3 is 2.05 bits per heavy atom. The van der Waals surface area contributed by atoms with Gasteiger partial charge in [-0.25, -0.2) is 15.0 Å². The maximum absolute atomic E-state index is 6.42. The lowest BCUT2D eigenvalue weighted by molar-refractivity contribution is 0.584. The van der Waals surface area contributed by atoms with Crippen molar-refractivity contribution in [3.63, 3.8) is 0 Å². The van der Waals surface area contributed by atoms with Gasteiger partial charge in [0.25, 0.3) is 0 Å². The first-order chi connectivity index (χ1) is 27.1. The average Bonchev–Trinajstić information content (AvgIpc) is 3.60. The van der Waals surface area contributed by atoms with Gasteiger partial charge in [0.15, 0.2) is 17.5 Å². The third-order valence-corrected chi connectivity index (χ3v) is 11.8. The summed E-state index contributed by atoms with van der Waals surface area (Å²) in [6.45, 7) is 2.28. The van der Waals surface area contributed by atoms with Crippen molar-refractivity contribution in [1.82, 2.24) is 15.0 Å². The maximum Gasteiger partial charge on any atom is 0.164 e. The van der Waals surface area contributed by atoms with Gasteiger partial charge in [0.2, 0.25) is 0 Å². The molecule has 258 valence electrons. The molecule has 4 nitrogen and oxygen atoms in total. The molecule has 0 spiro atoms. The average molecular weight is 704 g/mol. The molecule has 2 heterocycles. The van der Waals surface area contributed by atoms with Crippen molar-refractivity contribution in [2.45, 2.75) is 19.8 Å². The van der Waals surface area contributed by atoms with Gasteiger partial charge in [-0.1, -0.05) is 128 Å². The Balaban J connectivity index is 1.05. The highest BCUT2D eigenvalue weighted by molar-refractivity contribution is 6.21. The second kappa shape index (κ2) is 11.5. The van der Waals surface area contributed by atoms with E-state index in [1.165, 1.54) is 60.1 Å². The summed E-state index contributed by atoms with van der Waals surface area (Å²) in [5.74, 6) is 3.52. The summed E-state index contributed by atoms with van der Waals surface area (Å²) in [5.41, 5.74) is 10.3. The minimum Gasteiger partial charge on any atom is -0.456 e. The quantitative estimate of drug-likeness (QED) is 0.171. The fourth-order valence-electron chi connectivity index (χ4n) is 8.99. The smallest absolute Gasteiger partial charge is 0.164 e. The van der Waals surface area contributed by atoms with Crippen molar-refractivity contribution < 1.29 is 4.42 Å². The molecule has 55 heavy (non-hydrogen) atoms. The molecule has 2 bridgehead atoms. The number of nitrogens with zero attached hydrogens (tertiary/aromatic N) is 3. The Hall–Kier alpha value is -6.91. The van der Waals surface area contributed by atoms with Gasteiger partial charge in [-0.2, -0.15) is 0 Å². The van der Waals surface area contributed by atoms with Gasteiger partial charge in [-0.3, -0.25) is 0 Å². The van der Waals surface area contributed by atoms with Crippen LogP contribution < -0.4 is 0 Å². The summed E-state index contributed by atoms with van der Waals surface area (Å²) in [4.78, 5) is 15.5. The van der Waals surface area contributed by atoms with Crippen LogP contribution in [-0.2, 0) is 12.8 Å². The summed E-state index contributed by atoms with van der Waals surface area (Å²) >= 11 is 0. The van der Waals surface area contributed by atoms with Crippen LogP contribution >= 0.6 is 0 Å². The summed E-state index contributed by atoms with van der Waals surface area (Å²) in [6, 6.07) is 50.3. The predicted molar refractivity (Wildman–Crippen MR) is 226 cm³/mol. The Labute approximate surface area is 317 Å². The van der Waals surface area contributed by atoms with E-state index < -0.39 is 0 Å². The molecule has 13 rings (SSSR count). The molecule has 0 radical (unpaired) electrons. The molecule has 3 aliphatic carbocycles. The normalized spacial score (nSPS) is 14.6. The van der Waals surface area contributed by atoms with Crippen molar-refractivity contribution in [2.24, 2.45) is 5.92 Å². The van der Waals surface area contributed by atoms with E-state index in [9.17, 15) is 0 Å². The van der Waals surface area contributed by atoms with E-state index in [2.05, 4.69) is 159 Å².